The first-order chi connectivity index (χ1) is 12.7. The van der Waals surface area contributed by atoms with Crippen molar-refractivity contribution in [1.82, 2.24) is 10.2 Å². The molecule has 0 spiro atoms. The third-order valence-corrected chi connectivity index (χ3v) is 3.04. The number of alkyl carbamates (subject to hydrolysis) is 1. The maximum Gasteiger partial charge on any atom is 0.417 e. The summed E-state index contributed by atoms with van der Waals surface area (Å²) in [6.07, 6.45) is 2.11. The molecule has 0 bridgehead atoms. The number of amides is 2. The van der Waals surface area contributed by atoms with E-state index in [-0.39, 0.29) is 12.5 Å². The number of carbonyl (C=O) groups is 2. The lowest BCUT2D eigenvalue weighted by Crippen LogP contribution is -2.50. The molecule has 0 aliphatic carbocycles. The number of hydrogen-bond acceptors (Lipinski definition) is 6. The third-order valence-electron chi connectivity index (χ3n) is 3.04. The third kappa shape index (κ3) is 13.1. The van der Waals surface area contributed by atoms with Crippen molar-refractivity contribution in [2.24, 2.45) is 10.7 Å². The van der Waals surface area contributed by atoms with Crippen LogP contribution in [0.1, 0.15) is 68.2 Å². The van der Waals surface area contributed by atoms with E-state index in [0.717, 1.165) is 18.4 Å². The van der Waals surface area contributed by atoms with Crippen LogP contribution in [0.25, 0.3) is 0 Å². The average Bonchev–Trinajstić information content (AvgIpc) is 2.47. The lowest BCUT2D eigenvalue weighted by atomic mass is 10.2. The second kappa shape index (κ2) is 11.7. The number of ether oxygens (including phenoxy) is 2. The number of carbonyl (C=O) groups excluding carboxylic acids is 2. The van der Waals surface area contributed by atoms with E-state index in [2.05, 4.69) is 10.3 Å². The SMILES string of the molecule is CC(C)=CCN(C(=O)OC(C)(C)C)C(=NCCCCN)NC(=O)OC(C)(C)C. The van der Waals surface area contributed by atoms with Gasteiger partial charge in [0.25, 0.3) is 0 Å². The van der Waals surface area contributed by atoms with E-state index in [9.17, 15) is 9.59 Å². The van der Waals surface area contributed by atoms with Crippen LogP contribution < -0.4 is 11.1 Å². The Morgan fingerprint density at radius 1 is 1.04 bits per heavy atom. The molecular formula is C20H38N4O4. The first-order valence-electron chi connectivity index (χ1n) is 9.63. The fourth-order valence-electron chi connectivity index (χ4n) is 1.87. The van der Waals surface area contributed by atoms with Crippen LogP contribution in [0.2, 0.25) is 0 Å². The lowest BCUT2D eigenvalue weighted by molar-refractivity contribution is 0.0372. The summed E-state index contributed by atoms with van der Waals surface area (Å²) < 4.78 is 10.8. The predicted molar refractivity (Wildman–Crippen MR) is 112 cm³/mol. The monoisotopic (exact) mass is 398 g/mol. The Kier molecular flexibility index (Phi) is 10.8. The smallest absolute Gasteiger partial charge is 0.417 e. The number of unbranched alkanes of at least 4 members (excludes halogenated alkanes) is 1. The summed E-state index contributed by atoms with van der Waals surface area (Å²) in [5.74, 6) is 0.0954. The second-order valence-corrected chi connectivity index (χ2v) is 8.70. The largest absolute Gasteiger partial charge is 0.444 e. The topological polar surface area (TPSA) is 106 Å². The van der Waals surface area contributed by atoms with Gasteiger partial charge in [-0.05, 0) is 74.8 Å². The van der Waals surface area contributed by atoms with Crippen molar-refractivity contribution in [2.75, 3.05) is 19.6 Å². The standard InChI is InChI=1S/C20H38N4O4/c1-15(2)11-14-24(18(26)28-20(6,7)8)16(22-13-10-9-12-21)23-17(25)27-19(3,4)5/h11H,9-10,12-14,21H2,1-8H3,(H,22,23,25). The number of aliphatic imine (C=N–C) groups is 1. The van der Waals surface area contributed by atoms with Crippen LogP contribution in [0, 0.1) is 0 Å². The van der Waals surface area contributed by atoms with Gasteiger partial charge in [-0.25, -0.2) is 14.5 Å². The molecule has 2 amide bonds. The Hall–Kier alpha value is -2.09. The molecule has 0 aromatic carbocycles. The van der Waals surface area contributed by atoms with Crippen LogP contribution in [-0.4, -0.2) is 53.9 Å². The fraction of sp³-hybridized carbons (Fsp3) is 0.750. The molecule has 162 valence electrons. The number of hydrogen-bond donors (Lipinski definition) is 2. The number of allylic oxidation sites excluding steroid dienone is 1. The molecule has 8 heteroatoms. The first kappa shape index (κ1) is 25.9. The molecule has 0 aromatic rings. The number of nitrogens with two attached hydrogens (primary N) is 1. The van der Waals surface area contributed by atoms with Gasteiger partial charge in [0.05, 0.1) is 6.54 Å². The summed E-state index contributed by atoms with van der Waals surface area (Å²) in [6.45, 7) is 15.7. The zero-order valence-electron chi connectivity index (χ0n) is 18.7. The molecule has 0 rings (SSSR count). The van der Waals surface area contributed by atoms with Gasteiger partial charge in [-0.2, -0.15) is 0 Å². The molecule has 0 aromatic heterocycles. The molecular weight excluding hydrogens is 360 g/mol. The first-order valence-corrected chi connectivity index (χ1v) is 9.63. The van der Waals surface area contributed by atoms with Crippen LogP contribution in [0.4, 0.5) is 9.59 Å². The van der Waals surface area contributed by atoms with Crippen molar-refractivity contribution in [3.8, 4) is 0 Å². The summed E-state index contributed by atoms with van der Waals surface area (Å²) in [5, 5.41) is 2.59. The molecule has 0 unspecified atom stereocenters. The zero-order valence-corrected chi connectivity index (χ0v) is 18.7. The van der Waals surface area contributed by atoms with E-state index in [1.165, 1.54) is 4.90 Å². The Morgan fingerprint density at radius 2 is 1.61 bits per heavy atom. The average molecular weight is 399 g/mol. The second-order valence-electron chi connectivity index (χ2n) is 8.70. The van der Waals surface area contributed by atoms with E-state index in [0.29, 0.717) is 13.1 Å². The fourth-order valence-corrected chi connectivity index (χ4v) is 1.87. The van der Waals surface area contributed by atoms with Gasteiger partial charge in [0, 0.05) is 6.54 Å². The van der Waals surface area contributed by atoms with Crippen molar-refractivity contribution in [1.29, 1.82) is 0 Å². The van der Waals surface area contributed by atoms with Crippen molar-refractivity contribution >= 4 is 18.1 Å². The highest BCUT2D eigenvalue weighted by Crippen LogP contribution is 2.12. The maximum absolute atomic E-state index is 12.7. The van der Waals surface area contributed by atoms with Crippen LogP contribution >= 0.6 is 0 Å². The van der Waals surface area contributed by atoms with Gasteiger partial charge in [0.2, 0.25) is 5.96 Å². The number of nitrogens with one attached hydrogen (secondary N) is 1. The van der Waals surface area contributed by atoms with Gasteiger partial charge >= 0.3 is 12.2 Å². The van der Waals surface area contributed by atoms with Crippen LogP contribution in [-0.2, 0) is 9.47 Å². The Labute approximate surface area is 169 Å². The van der Waals surface area contributed by atoms with Gasteiger partial charge < -0.3 is 15.2 Å². The number of nitrogens with zero attached hydrogens (tertiary/aromatic N) is 2. The van der Waals surface area contributed by atoms with Crippen LogP contribution in [0.5, 0.6) is 0 Å². The van der Waals surface area contributed by atoms with Crippen molar-refractivity contribution < 1.29 is 19.1 Å². The predicted octanol–water partition coefficient (Wildman–Crippen LogP) is 3.81. The highest BCUT2D eigenvalue weighted by atomic mass is 16.6. The van der Waals surface area contributed by atoms with Gasteiger partial charge in [-0.3, -0.25) is 10.3 Å². The molecule has 3 N–H and O–H groups in total. The van der Waals surface area contributed by atoms with E-state index >= 15 is 0 Å². The van der Waals surface area contributed by atoms with E-state index in [1.54, 1.807) is 41.5 Å². The van der Waals surface area contributed by atoms with Crippen LogP contribution in [0.15, 0.2) is 16.6 Å². The van der Waals surface area contributed by atoms with E-state index in [4.69, 9.17) is 15.2 Å². The molecule has 0 aliphatic heterocycles. The molecule has 8 nitrogen and oxygen atoms in total. The summed E-state index contributed by atoms with van der Waals surface area (Å²) in [5.41, 5.74) is 5.19. The molecule has 0 atom stereocenters. The minimum atomic E-state index is -0.684. The summed E-state index contributed by atoms with van der Waals surface area (Å²) in [6, 6.07) is 0. The van der Waals surface area contributed by atoms with Gasteiger partial charge in [-0.1, -0.05) is 11.6 Å². The molecule has 28 heavy (non-hydrogen) atoms. The normalized spacial score (nSPS) is 12.2. The van der Waals surface area contributed by atoms with Crippen molar-refractivity contribution in [3.63, 3.8) is 0 Å². The molecule has 0 radical (unpaired) electrons. The molecule has 0 aliphatic rings. The lowest BCUT2D eigenvalue weighted by Gasteiger charge is -2.28. The van der Waals surface area contributed by atoms with Crippen molar-refractivity contribution in [2.45, 2.75) is 79.4 Å². The summed E-state index contributed by atoms with van der Waals surface area (Å²) in [7, 11) is 0. The number of guanidine groups is 1. The van der Waals surface area contributed by atoms with Gasteiger partial charge in [-0.15, -0.1) is 0 Å². The molecule has 0 saturated carbocycles. The maximum atomic E-state index is 12.7. The Balaban J connectivity index is 5.67. The molecule has 0 saturated heterocycles. The van der Waals surface area contributed by atoms with Gasteiger partial charge in [0.1, 0.15) is 11.2 Å². The Morgan fingerprint density at radius 3 is 2.07 bits per heavy atom. The minimum absolute atomic E-state index is 0.0954. The minimum Gasteiger partial charge on any atom is -0.444 e. The molecule has 0 heterocycles. The zero-order chi connectivity index (χ0) is 22.0. The number of rotatable bonds is 6. The van der Waals surface area contributed by atoms with Crippen LogP contribution in [0.3, 0.4) is 0 Å². The van der Waals surface area contributed by atoms with E-state index < -0.39 is 23.4 Å². The quantitative estimate of drug-likeness (QED) is 0.306. The Bertz CT molecular complexity index is 568. The summed E-state index contributed by atoms with van der Waals surface area (Å²) in [4.78, 5) is 30.7. The highest BCUT2D eigenvalue weighted by Gasteiger charge is 2.27. The van der Waals surface area contributed by atoms with E-state index in [1.807, 2.05) is 19.9 Å². The van der Waals surface area contributed by atoms with Crippen molar-refractivity contribution in [3.05, 3.63) is 11.6 Å². The van der Waals surface area contributed by atoms with Gasteiger partial charge in [0.15, 0.2) is 0 Å². The highest BCUT2D eigenvalue weighted by molar-refractivity contribution is 6.01. The summed E-state index contributed by atoms with van der Waals surface area (Å²) >= 11 is 0. The molecule has 0 fully saturated rings.